The molecule has 2 aromatic heterocycles. The van der Waals surface area contributed by atoms with E-state index in [0.29, 0.717) is 5.92 Å². The van der Waals surface area contributed by atoms with Gasteiger partial charge in [0.1, 0.15) is 0 Å². The van der Waals surface area contributed by atoms with E-state index in [1.54, 1.807) is 0 Å². The number of hydrogen-bond donors (Lipinski definition) is 0. The molecule has 1 heteroatoms. The van der Waals surface area contributed by atoms with Crippen LogP contribution < -0.4 is 5.22 Å². The van der Waals surface area contributed by atoms with Gasteiger partial charge in [0.25, 0.3) is 0 Å². The highest BCUT2D eigenvalue weighted by atomic mass is 14.9. The van der Waals surface area contributed by atoms with Crippen molar-refractivity contribution in [1.29, 1.82) is 0 Å². The van der Waals surface area contributed by atoms with Crippen molar-refractivity contribution < 1.29 is 0 Å². The molecule has 0 fully saturated rings. The number of fused-ring (bicyclic) bond motifs is 8. The van der Waals surface area contributed by atoms with E-state index in [0.717, 1.165) is 12.8 Å². The predicted octanol–water partition coefficient (Wildman–Crippen LogP) is 10.1. The molecule has 2 heterocycles. The van der Waals surface area contributed by atoms with Gasteiger partial charge in [-0.2, -0.15) is 0 Å². The standard InChI is InChI=1S/C44H31N/c1-3-11-28(12-4-1)34-19-35(29-13-5-2-6-14-29)21-36(20-34)37-24-40-38-22-30-15-7-9-17-32(30)26-42(38)45-43-27-33-18-10-8-16-31(33)23-39(43)41(25-37)44(40)45/h1-24,27,32,37H,25-26H2. The van der Waals surface area contributed by atoms with Crippen LogP contribution in [0.5, 0.6) is 0 Å². The number of nitrogens with zero attached hydrogens (tertiary/aromatic N) is 1. The third-order valence-electron chi connectivity index (χ3n) is 10.4. The second-order valence-corrected chi connectivity index (χ2v) is 12.9. The molecule has 0 radical (unpaired) electrons. The van der Waals surface area contributed by atoms with Gasteiger partial charge in [-0.25, -0.2) is 0 Å². The first kappa shape index (κ1) is 25.0. The van der Waals surface area contributed by atoms with Crippen LogP contribution in [0.4, 0.5) is 0 Å². The SMILES string of the molecule is C1=CC2=Cc3c(n4c5c(c6cc7ccccc7cc64)CC(c4cc(-c6ccccc6)cc(-c6ccccc6)c4)C=c35)CC2C=C1. The van der Waals surface area contributed by atoms with Crippen molar-refractivity contribution in [2.45, 2.75) is 18.8 Å². The maximum absolute atomic E-state index is 2.63. The van der Waals surface area contributed by atoms with Crippen LogP contribution in [0.15, 0.2) is 145 Å². The average Bonchev–Trinajstić information content (AvgIpc) is 3.60. The maximum Gasteiger partial charge on any atom is 0.0574 e. The average molecular weight is 574 g/mol. The summed E-state index contributed by atoms with van der Waals surface area (Å²) >= 11 is 0. The number of aromatic nitrogens is 1. The molecule has 0 saturated heterocycles. The highest BCUT2D eigenvalue weighted by Gasteiger charge is 2.31. The van der Waals surface area contributed by atoms with Gasteiger partial charge in [0.2, 0.25) is 0 Å². The lowest BCUT2D eigenvalue weighted by molar-refractivity contribution is 0.736. The molecular formula is C44H31N. The van der Waals surface area contributed by atoms with Gasteiger partial charge >= 0.3 is 0 Å². The van der Waals surface area contributed by atoms with E-state index >= 15 is 0 Å². The van der Waals surface area contributed by atoms with Crippen LogP contribution in [0, 0.1) is 5.92 Å². The van der Waals surface area contributed by atoms with Gasteiger partial charge in [-0.05, 0) is 86.8 Å². The molecule has 212 valence electrons. The van der Waals surface area contributed by atoms with Gasteiger partial charge in [-0.3, -0.25) is 0 Å². The molecule has 0 saturated carbocycles. The highest BCUT2D eigenvalue weighted by molar-refractivity contribution is 6.04. The van der Waals surface area contributed by atoms with Crippen molar-refractivity contribution in [3.8, 4) is 22.3 Å². The summed E-state index contributed by atoms with van der Waals surface area (Å²) in [5.74, 6) is 0.712. The second kappa shape index (κ2) is 9.55. The second-order valence-electron chi connectivity index (χ2n) is 12.9. The molecular weight excluding hydrogens is 542 g/mol. The summed E-state index contributed by atoms with van der Waals surface area (Å²) in [5.41, 5.74) is 15.0. The Morgan fingerprint density at radius 3 is 2.02 bits per heavy atom. The van der Waals surface area contributed by atoms with Crippen LogP contribution in [0.25, 0.3) is 61.6 Å². The van der Waals surface area contributed by atoms with E-state index in [4.69, 9.17) is 0 Å². The molecule has 7 aromatic rings. The Labute approximate surface area is 262 Å². The molecule has 2 unspecified atom stereocenters. The van der Waals surface area contributed by atoms with Gasteiger partial charge in [0, 0.05) is 33.7 Å². The number of allylic oxidation sites excluding steroid dienone is 5. The van der Waals surface area contributed by atoms with E-state index in [1.807, 2.05) is 0 Å². The number of benzene rings is 5. The summed E-state index contributed by atoms with van der Waals surface area (Å²) in [7, 11) is 0. The van der Waals surface area contributed by atoms with Crippen LogP contribution in [0.2, 0.25) is 0 Å². The Morgan fingerprint density at radius 2 is 1.29 bits per heavy atom. The van der Waals surface area contributed by atoms with Gasteiger partial charge in [-0.15, -0.1) is 0 Å². The molecule has 10 rings (SSSR count). The number of rotatable bonds is 3. The zero-order valence-electron chi connectivity index (χ0n) is 24.9. The van der Waals surface area contributed by atoms with Crippen molar-refractivity contribution in [3.05, 3.63) is 173 Å². The minimum Gasteiger partial charge on any atom is -0.312 e. The van der Waals surface area contributed by atoms with E-state index in [-0.39, 0.29) is 5.92 Å². The first-order chi connectivity index (χ1) is 22.3. The minimum absolute atomic E-state index is 0.272. The molecule has 0 aliphatic heterocycles. The lowest BCUT2D eigenvalue weighted by atomic mass is 9.81. The maximum atomic E-state index is 2.63. The van der Waals surface area contributed by atoms with Crippen LogP contribution in [-0.4, -0.2) is 4.40 Å². The monoisotopic (exact) mass is 573 g/mol. The molecule has 5 aromatic carbocycles. The fourth-order valence-electron chi connectivity index (χ4n) is 8.21. The van der Waals surface area contributed by atoms with Crippen LogP contribution in [0.1, 0.15) is 28.3 Å². The third kappa shape index (κ3) is 3.80. The quantitative estimate of drug-likeness (QED) is 0.198. The number of hydrogen-bond acceptors (Lipinski definition) is 0. The molecule has 0 amide bonds. The van der Waals surface area contributed by atoms with Crippen molar-refractivity contribution in [1.82, 2.24) is 4.40 Å². The molecule has 1 nitrogen and oxygen atoms in total. The molecule has 0 spiro atoms. The molecule has 3 aliphatic rings. The van der Waals surface area contributed by atoms with Crippen molar-refractivity contribution in [2.75, 3.05) is 0 Å². The summed E-state index contributed by atoms with van der Waals surface area (Å²) in [6.07, 6.45) is 16.2. The summed E-state index contributed by atoms with van der Waals surface area (Å²) < 4.78 is 2.63. The summed E-state index contributed by atoms with van der Waals surface area (Å²) in [5, 5.41) is 5.44. The first-order valence-corrected chi connectivity index (χ1v) is 16.1. The first-order valence-electron chi connectivity index (χ1n) is 16.1. The highest BCUT2D eigenvalue weighted by Crippen LogP contribution is 2.42. The topological polar surface area (TPSA) is 4.41 Å². The smallest absolute Gasteiger partial charge is 0.0574 e. The lowest BCUT2D eigenvalue weighted by Crippen LogP contribution is -2.18. The molecule has 0 N–H and O–H groups in total. The van der Waals surface area contributed by atoms with Gasteiger partial charge in [0.15, 0.2) is 0 Å². The molecule has 0 bridgehead atoms. The van der Waals surface area contributed by atoms with Crippen molar-refractivity contribution in [2.24, 2.45) is 5.92 Å². The fraction of sp³-hybridized carbons (Fsp3) is 0.0909. The van der Waals surface area contributed by atoms with Gasteiger partial charge in [-0.1, -0.05) is 127 Å². The van der Waals surface area contributed by atoms with Crippen LogP contribution >= 0.6 is 0 Å². The summed E-state index contributed by atoms with van der Waals surface area (Å²) in [4.78, 5) is 0. The Kier molecular flexibility index (Phi) is 5.30. The van der Waals surface area contributed by atoms with Crippen molar-refractivity contribution >= 4 is 39.3 Å². The Bertz CT molecular complexity index is 2410. The summed E-state index contributed by atoms with van der Waals surface area (Å²) in [6.45, 7) is 0. The van der Waals surface area contributed by atoms with Crippen LogP contribution in [-0.2, 0) is 12.8 Å². The fourth-order valence-corrected chi connectivity index (χ4v) is 8.21. The Hall–Kier alpha value is -5.40. The van der Waals surface area contributed by atoms with E-state index < -0.39 is 0 Å². The van der Waals surface area contributed by atoms with E-state index in [2.05, 4.69) is 156 Å². The van der Waals surface area contributed by atoms with Gasteiger partial charge in [0.05, 0.1) is 11.0 Å². The molecule has 3 aliphatic carbocycles. The summed E-state index contributed by atoms with van der Waals surface area (Å²) in [6, 6.07) is 42.7. The Morgan fingerprint density at radius 1 is 0.600 bits per heavy atom. The van der Waals surface area contributed by atoms with Gasteiger partial charge < -0.3 is 4.40 Å². The molecule has 45 heavy (non-hydrogen) atoms. The predicted molar refractivity (Wildman–Crippen MR) is 189 cm³/mol. The lowest BCUT2D eigenvalue weighted by Gasteiger charge is -2.23. The Balaban J connectivity index is 1.25. The zero-order chi connectivity index (χ0) is 29.5. The van der Waals surface area contributed by atoms with E-state index in [9.17, 15) is 0 Å². The van der Waals surface area contributed by atoms with E-state index in [1.165, 1.54) is 82.6 Å². The molecule has 2 atom stereocenters. The minimum atomic E-state index is 0.272. The normalized spacial score (nSPS) is 18.2. The largest absolute Gasteiger partial charge is 0.312 e. The van der Waals surface area contributed by atoms with Crippen LogP contribution in [0.3, 0.4) is 0 Å². The third-order valence-corrected chi connectivity index (χ3v) is 10.4. The van der Waals surface area contributed by atoms with Crippen molar-refractivity contribution in [3.63, 3.8) is 0 Å². The zero-order valence-corrected chi connectivity index (χ0v) is 24.9.